The number of nitrogens with zero attached hydrogens (tertiary/aromatic N) is 6. The third-order valence-corrected chi connectivity index (χ3v) is 23.1. The van der Waals surface area contributed by atoms with Crippen molar-refractivity contribution in [2.45, 2.75) is 0 Å². The molecule has 104 heavy (non-hydrogen) atoms. The molecule has 0 radical (unpaired) electrons. The lowest BCUT2D eigenvalue weighted by Gasteiger charge is -2.12. The Morgan fingerprint density at radius 3 is 1.01 bits per heavy atom. The number of para-hydroxylation sites is 4. The standard InChI is InChI=1S/2C48H29N3S/c1-2-13-30(14-3-1)32-15-12-16-33(29-32)45-37-19-6-9-22-40(37)49-48(50-45)31-25-27-34(28-26-31)51-41-23-10-7-20-38(41)43-35-17-4-5-18-36(35)44-39-21-8-11-24-42(39)52-47(44)46(43)51;1-2-12-30(13-3-1)31-22-24-32(25-23-31)45-37-16-6-9-19-40(37)49-48(50-45)33-26-28-34(29-27-33)51-41-20-10-7-17-38(41)43-35-14-4-5-15-36(35)44-39-18-8-11-21-42(39)52-47(44)46(43)51/h2*1-29H. The minimum Gasteiger partial charge on any atom is -0.308 e. The molecule has 6 heterocycles. The summed E-state index contributed by atoms with van der Waals surface area (Å²) in [7, 11) is 0. The molecule has 22 rings (SSSR count). The van der Waals surface area contributed by atoms with Gasteiger partial charge in [0.25, 0.3) is 0 Å². The molecule has 0 spiro atoms. The first-order chi connectivity index (χ1) is 51.6. The van der Waals surface area contributed by atoms with E-state index in [1.54, 1.807) is 0 Å². The Hall–Kier alpha value is -13.2. The molecule has 0 unspecified atom stereocenters. The van der Waals surface area contributed by atoms with Gasteiger partial charge in [0.1, 0.15) is 0 Å². The first kappa shape index (κ1) is 59.6. The highest BCUT2D eigenvalue weighted by Crippen LogP contribution is 2.50. The topological polar surface area (TPSA) is 61.4 Å². The maximum Gasteiger partial charge on any atom is 0.160 e. The van der Waals surface area contributed by atoms with Gasteiger partial charge >= 0.3 is 0 Å². The molecule has 8 heteroatoms. The summed E-state index contributed by atoms with van der Waals surface area (Å²) >= 11 is 3.78. The average Bonchev–Trinajstić information content (AvgIpc) is 1.54. The summed E-state index contributed by atoms with van der Waals surface area (Å²) in [6.07, 6.45) is 0. The summed E-state index contributed by atoms with van der Waals surface area (Å²) in [5.41, 5.74) is 19.7. The molecule has 0 atom stereocenters. The van der Waals surface area contributed by atoms with Crippen LogP contribution in [-0.4, -0.2) is 29.1 Å². The number of hydrogen-bond acceptors (Lipinski definition) is 6. The van der Waals surface area contributed by atoms with Crippen molar-refractivity contribution in [1.29, 1.82) is 0 Å². The van der Waals surface area contributed by atoms with E-state index in [2.05, 4.69) is 343 Å². The van der Waals surface area contributed by atoms with Gasteiger partial charge in [-0.05, 0) is 135 Å². The van der Waals surface area contributed by atoms with Gasteiger partial charge in [0.15, 0.2) is 11.6 Å². The predicted molar refractivity (Wildman–Crippen MR) is 441 cm³/mol. The van der Waals surface area contributed by atoms with Crippen molar-refractivity contribution in [1.82, 2.24) is 29.1 Å². The van der Waals surface area contributed by atoms with Crippen LogP contribution in [0.5, 0.6) is 0 Å². The van der Waals surface area contributed by atoms with Gasteiger partial charge in [-0.1, -0.05) is 261 Å². The molecule has 6 nitrogen and oxygen atoms in total. The molecule has 16 aromatic carbocycles. The molecule has 22 aromatic rings. The van der Waals surface area contributed by atoms with E-state index in [4.69, 9.17) is 19.9 Å². The summed E-state index contributed by atoms with van der Waals surface area (Å²) in [5, 5.41) is 17.7. The zero-order chi connectivity index (χ0) is 68.3. The average molecular weight is 1360 g/mol. The molecule has 0 aliphatic carbocycles. The molecule has 0 aliphatic rings. The van der Waals surface area contributed by atoms with Crippen LogP contribution in [0.2, 0.25) is 0 Å². The second-order valence-electron chi connectivity index (χ2n) is 26.7. The second kappa shape index (κ2) is 24.3. The maximum atomic E-state index is 5.25. The number of hydrogen-bond donors (Lipinski definition) is 0. The predicted octanol–water partition coefficient (Wildman–Crippen LogP) is 26.5. The normalized spacial score (nSPS) is 11.8. The zero-order valence-corrected chi connectivity index (χ0v) is 57.6. The summed E-state index contributed by atoms with van der Waals surface area (Å²) < 4.78 is 10.2. The van der Waals surface area contributed by atoms with E-state index in [0.29, 0.717) is 11.6 Å². The van der Waals surface area contributed by atoms with Crippen LogP contribution in [0.15, 0.2) is 352 Å². The first-order valence-corrected chi connectivity index (χ1v) is 36.8. The molecule has 6 aromatic heterocycles. The molecule has 0 saturated carbocycles. The smallest absolute Gasteiger partial charge is 0.160 e. The fourth-order valence-corrected chi connectivity index (χ4v) is 18.6. The molecule has 0 amide bonds. The van der Waals surface area contributed by atoms with Crippen LogP contribution in [0.25, 0.3) is 206 Å². The SMILES string of the molecule is c1ccc(-c2ccc(-c3nc(-c4ccc(-n5c6ccccc6c6c7ccccc7c7c8ccccc8sc7c65)cc4)nc4ccccc34)cc2)cc1.c1ccc(-c2cccc(-c3nc(-c4ccc(-n5c6ccccc6c6c7ccccc7c7c8ccccc8sc7c65)cc4)nc4ccccc34)c2)cc1. The van der Waals surface area contributed by atoms with E-state index in [-0.39, 0.29) is 0 Å². The monoisotopic (exact) mass is 1360 g/mol. The first-order valence-electron chi connectivity index (χ1n) is 35.2. The summed E-state index contributed by atoms with van der Waals surface area (Å²) in [5.74, 6) is 1.43. The fraction of sp³-hybridized carbons (Fsp3) is 0. The Labute approximate surface area is 605 Å². The molecule has 484 valence electrons. The lowest BCUT2D eigenvalue weighted by Crippen LogP contribution is -1.97. The van der Waals surface area contributed by atoms with Crippen molar-refractivity contribution >= 4 is 150 Å². The molecule has 0 aliphatic heterocycles. The van der Waals surface area contributed by atoms with Crippen molar-refractivity contribution in [2.75, 3.05) is 0 Å². The molecule has 0 saturated heterocycles. The van der Waals surface area contributed by atoms with Gasteiger partial charge < -0.3 is 9.13 Å². The van der Waals surface area contributed by atoms with Crippen molar-refractivity contribution in [3.05, 3.63) is 352 Å². The lowest BCUT2D eigenvalue weighted by atomic mass is 9.99. The van der Waals surface area contributed by atoms with Crippen molar-refractivity contribution in [3.63, 3.8) is 0 Å². The summed E-state index contributed by atoms with van der Waals surface area (Å²) in [6.45, 7) is 0. The molecule has 0 N–H and O–H groups in total. The molecular weight excluding hydrogens is 1300 g/mol. The number of rotatable bonds is 8. The van der Waals surface area contributed by atoms with Gasteiger partial charge in [0, 0.05) is 96.9 Å². The van der Waals surface area contributed by atoms with Crippen molar-refractivity contribution in [3.8, 4) is 78.9 Å². The molecule has 0 bridgehead atoms. The van der Waals surface area contributed by atoms with Crippen LogP contribution in [0.1, 0.15) is 0 Å². The van der Waals surface area contributed by atoms with Crippen molar-refractivity contribution < 1.29 is 0 Å². The van der Waals surface area contributed by atoms with Gasteiger partial charge in [-0.3, -0.25) is 0 Å². The molecule has 0 fully saturated rings. The third kappa shape index (κ3) is 9.61. The minimum absolute atomic E-state index is 0.713. The third-order valence-electron chi connectivity index (χ3n) is 20.8. The molecular formula is C96H58N6S2. The van der Waals surface area contributed by atoms with Crippen molar-refractivity contribution in [2.24, 2.45) is 0 Å². The fourth-order valence-electron chi connectivity index (χ4n) is 16.1. The number of aromatic nitrogens is 6. The van der Waals surface area contributed by atoms with Gasteiger partial charge in [0.2, 0.25) is 0 Å². The lowest BCUT2D eigenvalue weighted by molar-refractivity contribution is 1.18. The Morgan fingerprint density at radius 1 is 0.212 bits per heavy atom. The zero-order valence-electron chi connectivity index (χ0n) is 56.0. The van der Waals surface area contributed by atoms with Crippen LogP contribution < -0.4 is 0 Å². The highest BCUT2D eigenvalue weighted by atomic mass is 32.1. The highest BCUT2D eigenvalue weighted by molar-refractivity contribution is 7.27. The number of benzene rings is 16. The highest BCUT2D eigenvalue weighted by Gasteiger charge is 2.25. The second-order valence-corrected chi connectivity index (χ2v) is 28.8. The van der Waals surface area contributed by atoms with E-state index >= 15 is 0 Å². The Kier molecular flexibility index (Phi) is 13.9. The van der Waals surface area contributed by atoms with Gasteiger partial charge in [-0.2, -0.15) is 0 Å². The van der Waals surface area contributed by atoms with E-state index in [0.717, 1.165) is 66.8 Å². The van der Waals surface area contributed by atoms with Crippen LogP contribution in [-0.2, 0) is 0 Å². The van der Waals surface area contributed by atoms with Gasteiger partial charge in [0.05, 0.1) is 53.9 Å². The maximum absolute atomic E-state index is 5.25. The van der Waals surface area contributed by atoms with E-state index < -0.39 is 0 Å². The van der Waals surface area contributed by atoms with E-state index in [1.165, 1.54) is 128 Å². The number of thiophene rings is 2. The minimum atomic E-state index is 0.713. The van der Waals surface area contributed by atoms with Crippen LogP contribution in [0, 0.1) is 0 Å². The Bertz CT molecular complexity index is 7200. The quantitative estimate of drug-likeness (QED) is 0.152. The van der Waals surface area contributed by atoms with Gasteiger partial charge in [-0.25, -0.2) is 19.9 Å². The Morgan fingerprint density at radius 2 is 0.538 bits per heavy atom. The number of fused-ring (bicyclic) bond motifs is 22. The summed E-state index contributed by atoms with van der Waals surface area (Å²) in [6, 6.07) is 126. The van der Waals surface area contributed by atoms with E-state index in [9.17, 15) is 0 Å². The Balaban J connectivity index is 0.000000134. The van der Waals surface area contributed by atoms with Crippen LogP contribution in [0.4, 0.5) is 0 Å². The van der Waals surface area contributed by atoms with E-state index in [1.807, 2.05) is 40.9 Å². The van der Waals surface area contributed by atoms with Crippen LogP contribution >= 0.6 is 22.7 Å². The van der Waals surface area contributed by atoms with Crippen LogP contribution in [0.3, 0.4) is 0 Å². The summed E-state index contributed by atoms with van der Waals surface area (Å²) in [4.78, 5) is 20.6. The largest absolute Gasteiger partial charge is 0.308 e. The van der Waals surface area contributed by atoms with Gasteiger partial charge in [-0.15, -0.1) is 22.7 Å².